The van der Waals surface area contributed by atoms with Gasteiger partial charge >= 0.3 is 6.03 Å². The molecule has 1 aliphatic carbocycles. The zero-order chi connectivity index (χ0) is 21.4. The van der Waals surface area contributed by atoms with Gasteiger partial charge in [-0.1, -0.05) is 24.3 Å². The number of hydrogen-bond acceptors (Lipinski definition) is 3. The molecule has 158 valence electrons. The summed E-state index contributed by atoms with van der Waals surface area (Å²) in [5.74, 6) is 0. The summed E-state index contributed by atoms with van der Waals surface area (Å²) >= 11 is 0. The molecule has 0 radical (unpaired) electrons. The van der Waals surface area contributed by atoms with E-state index in [1.165, 1.54) is 12.0 Å². The standard InChI is InChI=1S/C25H26N4O2/c1-17-5-10-21-22(16-26)24(29(23(21)15-17)20-3-2-4-20)18-6-8-19(9-7-18)27-25(30)28-11-13-31-14-12-28/h5-10,15,20H,2-4,11-14H2,1H3,(H,27,30). The molecule has 1 saturated heterocycles. The van der Waals surface area contributed by atoms with Crippen molar-refractivity contribution in [1.82, 2.24) is 9.47 Å². The fourth-order valence-electron chi connectivity index (χ4n) is 4.52. The number of nitriles is 1. The van der Waals surface area contributed by atoms with Gasteiger partial charge in [-0.05, 0) is 55.5 Å². The first-order valence-corrected chi connectivity index (χ1v) is 10.9. The van der Waals surface area contributed by atoms with Gasteiger partial charge in [-0.15, -0.1) is 0 Å². The number of carbonyl (C=O) groups is 1. The summed E-state index contributed by atoms with van der Waals surface area (Å²) in [5.41, 5.74) is 5.80. The molecule has 2 aromatic carbocycles. The summed E-state index contributed by atoms with van der Waals surface area (Å²) in [7, 11) is 0. The molecule has 0 atom stereocenters. The molecule has 2 heterocycles. The number of hydrogen-bond donors (Lipinski definition) is 1. The van der Waals surface area contributed by atoms with Crippen molar-refractivity contribution in [2.24, 2.45) is 0 Å². The van der Waals surface area contributed by atoms with E-state index in [1.807, 2.05) is 24.3 Å². The molecule has 31 heavy (non-hydrogen) atoms. The molecule has 1 saturated carbocycles. The van der Waals surface area contributed by atoms with Gasteiger partial charge < -0.3 is 19.5 Å². The molecule has 1 aliphatic heterocycles. The second-order valence-electron chi connectivity index (χ2n) is 8.42. The average molecular weight is 415 g/mol. The van der Waals surface area contributed by atoms with E-state index in [2.05, 4.69) is 41.1 Å². The van der Waals surface area contributed by atoms with Crippen LogP contribution in [0.3, 0.4) is 0 Å². The third kappa shape index (κ3) is 3.55. The summed E-state index contributed by atoms with van der Waals surface area (Å²) in [6.45, 7) is 4.46. The zero-order valence-corrected chi connectivity index (χ0v) is 17.7. The molecule has 0 bridgehead atoms. The van der Waals surface area contributed by atoms with Gasteiger partial charge in [0.15, 0.2) is 0 Å². The largest absolute Gasteiger partial charge is 0.378 e. The number of fused-ring (bicyclic) bond motifs is 1. The SMILES string of the molecule is Cc1ccc2c(C#N)c(-c3ccc(NC(=O)N4CCOCC4)cc3)n(C3CCC3)c2c1. The number of benzene rings is 2. The highest BCUT2D eigenvalue weighted by atomic mass is 16.5. The van der Waals surface area contributed by atoms with Crippen molar-refractivity contribution < 1.29 is 9.53 Å². The third-order valence-electron chi connectivity index (χ3n) is 6.42. The lowest BCUT2D eigenvalue weighted by atomic mass is 9.92. The molecule has 6 nitrogen and oxygen atoms in total. The summed E-state index contributed by atoms with van der Waals surface area (Å²) in [4.78, 5) is 14.2. The first-order valence-electron chi connectivity index (χ1n) is 10.9. The van der Waals surface area contributed by atoms with E-state index in [9.17, 15) is 10.1 Å². The van der Waals surface area contributed by atoms with Crippen LogP contribution in [0.2, 0.25) is 0 Å². The number of morpholine rings is 1. The lowest BCUT2D eigenvalue weighted by molar-refractivity contribution is 0.0564. The van der Waals surface area contributed by atoms with Crippen molar-refractivity contribution in [2.45, 2.75) is 32.2 Å². The minimum absolute atomic E-state index is 0.104. The molecule has 2 fully saturated rings. The van der Waals surface area contributed by atoms with Crippen molar-refractivity contribution in [3.05, 3.63) is 53.6 Å². The van der Waals surface area contributed by atoms with Crippen LogP contribution in [0.15, 0.2) is 42.5 Å². The van der Waals surface area contributed by atoms with Gasteiger partial charge in [-0.25, -0.2) is 4.79 Å². The van der Waals surface area contributed by atoms with E-state index in [0.29, 0.717) is 32.3 Å². The lowest BCUT2D eigenvalue weighted by Gasteiger charge is -2.30. The topological polar surface area (TPSA) is 70.3 Å². The summed E-state index contributed by atoms with van der Waals surface area (Å²) in [6, 6.07) is 17.0. The van der Waals surface area contributed by atoms with Crippen molar-refractivity contribution >= 4 is 22.6 Å². The first kappa shape index (κ1) is 19.7. The lowest BCUT2D eigenvalue weighted by Crippen LogP contribution is -2.43. The number of amides is 2. The van der Waals surface area contributed by atoms with Crippen molar-refractivity contribution in [3.63, 3.8) is 0 Å². The van der Waals surface area contributed by atoms with Crippen molar-refractivity contribution in [3.8, 4) is 17.3 Å². The number of urea groups is 1. The number of aryl methyl sites for hydroxylation is 1. The Morgan fingerprint density at radius 1 is 1.13 bits per heavy atom. The molecule has 3 aromatic rings. The van der Waals surface area contributed by atoms with Gasteiger partial charge in [0.25, 0.3) is 0 Å². The summed E-state index contributed by atoms with van der Waals surface area (Å²) in [5, 5.41) is 14.0. The maximum Gasteiger partial charge on any atom is 0.321 e. The Bertz CT molecular complexity index is 1160. The molecule has 6 heteroatoms. The van der Waals surface area contributed by atoms with Gasteiger partial charge in [0.2, 0.25) is 0 Å². The highest BCUT2D eigenvalue weighted by molar-refractivity contribution is 5.95. The van der Waals surface area contributed by atoms with Crippen molar-refractivity contribution in [2.75, 3.05) is 31.6 Å². The fourth-order valence-corrected chi connectivity index (χ4v) is 4.52. The number of carbonyl (C=O) groups excluding carboxylic acids is 1. The molecule has 5 rings (SSSR count). The van der Waals surface area contributed by atoms with E-state index < -0.39 is 0 Å². The number of nitrogens with one attached hydrogen (secondary N) is 1. The van der Waals surface area contributed by atoms with Gasteiger partial charge in [0, 0.05) is 30.2 Å². The molecule has 1 aromatic heterocycles. The predicted molar refractivity (Wildman–Crippen MR) is 121 cm³/mol. The highest BCUT2D eigenvalue weighted by Crippen LogP contribution is 2.42. The maximum absolute atomic E-state index is 12.5. The Hall–Kier alpha value is -3.30. The van der Waals surface area contributed by atoms with Crippen LogP contribution in [0, 0.1) is 18.3 Å². The summed E-state index contributed by atoms with van der Waals surface area (Å²) in [6.07, 6.45) is 3.51. The van der Waals surface area contributed by atoms with E-state index in [-0.39, 0.29) is 6.03 Å². The van der Waals surface area contributed by atoms with E-state index >= 15 is 0 Å². The number of rotatable bonds is 3. The molecule has 0 spiro atoms. The van der Waals surface area contributed by atoms with Gasteiger partial charge in [-0.3, -0.25) is 0 Å². The van der Waals surface area contributed by atoms with Crippen LogP contribution in [0.25, 0.3) is 22.2 Å². The molecule has 2 amide bonds. The Kier molecular flexibility index (Phi) is 5.13. The Morgan fingerprint density at radius 2 is 1.87 bits per heavy atom. The third-order valence-corrected chi connectivity index (χ3v) is 6.42. The second-order valence-corrected chi connectivity index (χ2v) is 8.42. The number of nitrogens with zero attached hydrogens (tertiary/aromatic N) is 3. The predicted octanol–water partition coefficient (Wildman–Crippen LogP) is 5.08. The second kappa shape index (κ2) is 8.09. The fraction of sp³-hybridized carbons (Fsp3) is 0.360. The van der Waals surface area contributed by atoms with Crippen LogP contribution in [0.5, 0.6) is 0 Å². The van der Waals surface area contributed by atoms with Gasteiger partial charge in [0.05, 0.1) is 30.0 Å². The quantitative estimate of drug-likeness (QED) is 0.650. The summed E-state index contributed by atoms with van der Waals surface area (Å²) < 4.78 is 7.68. The smallest absolute Gasteiger partial charge is 0.321 e. The number of anilines is 1. The molecule has 1 N–H and O–H groups in total. The molecule has 2 aliphatic rings. The molecular formula is C25H26N4O2. The Balaban J connectivity index is 1.50. The van der Waals surface area contributed by atoms with Crippen LogP contribution < -0.4 is 5.32 Å². The van der Waals surface area contributed by atoms with Gasteiger partial charge in [0.1, 0.15) is 6.07 Å². The average Bonchev–Trinajstić information content (AvgIpc) is 3.07. The zero-order valence-electron chi connectivity index (χ0n) is 17.7. The minimum atomic E-state index is -0.104. The van der Waals surface area contributed by atoms with E-state index in [4.69, 9.17) is 4.74 Å². The van der Waals surface area contributed by atoms with E-state index in [0.717, 1.165) is 46.3 Å². The van der Waals surface area contributed by atoms with Crippen LogP contribution in [-0.2, 0) is 4.74 Å². The molecule has 0 unspecified atom stereocenters. The van der Waals surface area contributed by atoms with Crippen LogP contribution in [-0.4, -0.2) is 41.8 Å². The number of aromatic nitrogens is 1. The van der Waals surface area contributed by atoms with Gasteiger partial charge in [-0.2, -0.15) is 5.26 Å². The Labute approximate surface area is 182 Å². The molecular weight excluding hydrogens is 388 g/mol. The maximum atomic E-state index is 12.5. The highest BCUT2D eigenvalue weighted by Gasteiger charge is 2.27. The monoisotopic (exact) mass is 414 g/mol. The van der Waals surface area contributed by atoms with Crippen LogP contribution >= 0.6 is 0 Å². The Morgan fingerprint density at radius 3 is 2.52 bits per heavy atom. The normalized spacial score (nSPS) is 16.7. The minimum Gasteiger partial charge on any atom is -0.378 e. The number of ether oxygens (including phenoxy) is 1. The van der Waals surface area contributed by atoms with Crippen molar-refractivity contribution in [1.29, 1.82) is 5.26 Å². The van der Waals surface area contributed by atoms with Crippen LogP contribution in [0.1, 0.15) is 36.4 Å². The van der Waals surface area contributed by atoms with Crippen LogP contribution in [0.4, 0.5) is 10.5 Å². The van der Waals surface area contributed by atoms with E-state index in [1.54, 1.807) is 4.90 Å². The first-order chi connectivity index (χ1) is 15.2.